The number of esters is 1. The molecule has 12 heteroatoms. The lowest BCUT2D eigenvalue weighted by Gasteiger charge is -2.38. The van der Waals surface area contributed by atoms with Gasteiger partial charge in [-0.3, -0.25) is 0 Å². The number of carbonyl (C=O) groups is 3. The number of ether oxygens (including phenoxy) is 6. The Balaban J connectivity index is 2.13. The largest absolute Gasteiger partial charge is 0.460 e. The van der Waals surface area contributed by atoms with Gasteiger partial charge in [0, 0.05) is 18.7 Å². The van der Waals surface area contributed by atoms with Crippen LogP contribution in [0.2, 0.25) is 0 Å². The highest BCUT2D eigenvalue weighted by molar-refractivity contribution is 5.81. The van der Waals surface area contributed by atoms with E-state index in [0.29, 0.717) is 13.0 Å². The van der Waals surface area contributed by atoms with Crippen molar-refractivity contribution < 1.29 is 47.9 Å². The molecular formula is C24H40N2O10. The quantitative estimate of drug-likeness (QED) is 0.0613. The highest BCUT2D eigenvalue weighted by Crippen LogP contribution is 2.35. The Morgan fingerprint density at radius 1 is 0.972 bits per heavy atom. The highest BCUT2D eigenvalue weighted by atomic mass is 16.6. The normalized spacial score (nSPS) is 20.0. The number of hydrogen-bond acceptors (Lipinski definition) is 10. The summed E-state index contributed by atoms with van der Waals surface area (Å²) >= 11 is 0. The minimum absolute atomic E-state index is 0.0626. The molecule has 0 radical (unpaired) electrons. The van der Waals surface area contributed by atoms with Crippen LogP contribution in [-0.4, -0.2) is 95.0 Å². The van der Waals surface area contributed by atoms with Gasteiger partial charge in [0.05, 0.1) is 33.0 Å². The molecule has 1 rings (SSSR count). The zero-order valence-corrected chi connectivity index (χ0v) is 21.0. The van der Waals surface area contributed by atoms with Crippen molar-refractivity contribution >= 4 is 18.2 Å². The van der Waals surface area contributed by atoms with Crippen LogP contribution in [0.15, 0.2) is 25.3 Å². The molecule has 1 fully saturated rings. The Kier molecular flexibility index (Phi) is 16.2. The molecule has 1 aliphatic rings. The van der Waals surface area contributed by atoms with Crippen LogP contribution in [0.1, 0.15) is 32.6 Å². The first kappa shape index (κ1) is 31.4. The molecule has 0 heterocycles. The maximum atomic E-state index is 12.1. The number of carbonyl (C=O) groups excluding carboxylic acids is 3. The Hall–Kier alpha value is -2.67. The minimum Gasteiger partial charge on any atom is -0.460 e. The van der Waals surface area contributed by atoms with Crippen molar-refractivity contribution in [3.63, 3.8) is 0 Å². The van der Waals surface area contributed by atoms with E-state index >= 15 is 0 Å². The van der Waals surface area contributed by atoms with Crippen molar-refractivity contribution in [1.82, 2.24) is 10.6 Å². The standard InChI is InChI=1S/C24H40N2O10/c1-4-20(27)33-13-9-31-11-15-35-22(29)25-18-24(3)8-6-7-19(17-24)26-23(30)36-16-12-32-10-14-34-21(28)5-2/h4-5,19,21,28H,1-2,6-18H2,3H3,(H,25,29)(H,26,30). The van der Waals surface area contributed by atoms with Crippen molar-refractivity contribution in [2.75, 3.05) is 59.4 Å². The van der Waals surface area contributed by atoms with E-state index in [0.717, 1.165) is 25.3 Å². The molecule has 2 amide bonds. The van der Waals surface area contributed by atoms with Crippen LogP contribution in [-0.2, 0) is 33.2 Å². The van der Waals surface area contributed by atoms with Crippen molar-refractivity contribution in [3.8, 4) is 0 Å². The van der Waals surface area contributed by atoms with Crippen LogP contribution in [0, 0.1) is 5.41 Å². The first-order valence-corrected chi connectivity index (χ1v) is 12.0. The maximum Gasteiger partial charge on any atom is 0.407 e. The Morgan fingerprint density at radius 2 is 1.58 bits per heavy atom. The van der Waals surface area contributed by atoms with Crippen LogP contribution >= 0.6 is 0 Å². The maximum absolute atomic E-state index is 12.1. The Labute approximate surface area is 212 Å². The van der Waals surface area contributed by atoms with Crippen molar-refractivity contribution in [2.24, 2.45) is 5.41 Å². The molecule has 0 bridgehead atoms. The third-order valence-corrected chi connectivity index (χ3v) is 5.33. The summed E-state index contributed by atoms with van der Waals surface area (Å²) in [5.41, 5.74) is -0.195. The van der Waals surface area contributed by atoms with E-state index in [4.69, 9.17) is 33.5 Å². The number of nitrogens with one attached hydrogen (secondary N) is 2. The van der Waals surface area contributed by atoms with Crippen molar-refractivity contribution in [3.05, 3.63) is 25.3 Å². The lowest BCUT2D eigenvalue weighted by molar-refractivity contribution is -0.139. The summed E-state index contributed by atoms with van der Waals surface area (Å²) in [6, 6.07) is -0.0626. The molecule has 206 valence electrons. The second-order valence-corrected chi connectivity index (χ2v) is 8.47. The van der Waals surface area contributed by atoms with Crippen LogP contribution in [0.3, 0.4) is 0 Å². The van der Waals surface area contributed by atoms with Gasteiger partial charge in [0.15, 0.2) is 6.29 Å². The lowest BCUT2D eigenvalue weighted by Crippen LogP contribution is -2.46. The second-order valence-electron chi connectivity index (χ2n) is 8.47. The topological polar surface area (TPSA) is 151 Å². The molecule has 0 aromatic heterocycles. The molecule has 0 aromatic rings. The summed E-state index contributed by atoms with van der Waals surface area (Å²) in [6.45, 7) is 10.5. The van der Waals surface area contributed by atoms with Gasteiger partial charge in [-0.1, -0.05) is 26.5 Å². The second kappa shape index (κ2) is 18.6. The molecule has 3 unspecified atom stereocenters. The number of amides is 2. The molecule has 36 heavy (non-hydrogen) atoms. The first-order valence-electron chi connectivity index (χ1n) is 12.0. The SMILES string of the molecule is C=CC(=O)OCCOCCOC(=O)NCC1(C)CCCC(NC(=O)OCCOCCOC(O)C=C)C1. The Bertz CT molecular complexity index is 690. The fourth-order valence-corrected chi connectivity index (χ4v) is 3.55. The zero-order chi connectivity index (χ0) is 26.7. The average molecular weight is 517 g/mol. The van der Waals surface area contributed by atoms with E-state index in [1.165, 1.54) is 6.08 Å². The summed E-state index contributed by atoms with van der Waals surface area (Å²) in [4.78, 5) is 34.9. The molecule has 12 nitrogen and oxygen atoms in total. The smallest absolute Gasteiger partial charge is 0.407 e. The summed E-state index contributed by atoms with van der Waals surface area (Å²) < 4.78 is 30.4. The van der Waals surface area contributed by atoms with Gasteiger partial charge in [0.25, 0.3) is 0 Å². The van der Waals surface area contributed by atoms with E-state index in [2.05, 4.69) is 30.7 Å². The molecule has 1 saturated carbocycles. The summed E-state index contributed by atoms with van der Waals surface area (Å²) in [7, 11) is 0. The van der Waals surface area contributed by atoms with Crippen LogP contribution in [0.25, 0.3) is 0 Å². The van der Waals surface area contributed by atoms with Crippen LogP contribution < -0.4 is 10.6 Å². The lowest BCUT2D eigenvalue weighted by atomic mass is 9.73. The molecule has 3 N–H and O–H groups in total. The predicted molar refractivity (Wildman–Crippen MR) is 129 cm³/mol. The van der Waals surface area contributed by atoms with Crippen LogP contribution in [0.5, 0.6) is 0 Å². The molecule has 0 aromatic carbocycles. The van der Waals surface area contributed by atoms with Crippen molar-refractivity contribution in [2.45, 2.75) is 44.9 Å². The molecule has 0 spiro atoms. The number of alkyl carbamates (subject to hydrolysis) is 2. The third kappa shape index (κ3) is 15.4. The van der Waals surface area contributed by atoms with Crippen LogP contribution in [0.4, 0.5) is 9.59 Å². The summed E-state index contributed by atoms with van der Waals surface area (Å²) in [6.07, 6.45) is 3.58. The van der Waals surface area contributed by atoms with Gasteiger partial charge in [-0.15, -0.1) is 0 Å². The molecule has 0 aliphatic heterocycles. The molecular weight excluding hydrogens is 476 g/mol. The number of rotatable bonds is 18. The van der Waals surface area contributed by atoms with Gasteiger partial charge in [-0.05, 0) is 30.8 Å². The van der Waals surface area contributed by atoms with E-state index in [-0.39, 0.29) is 64.3 Å². The van der Waals surface area contributed by atoms with E-state index in [1.54, 1.807) is 0 Å². The highest BCUT2D eigenvalue weighted by Gasteiger charge is 2.33. The minimum atomic E-state index is -1.02. The van der Waals surface area contributed by atoms with Crippen molar-refractivity contribution in [1.29, 1.82) is 0 Å². The summed E-state index contributed by atoms with van der Waals surface area (Å²) in [5, 5.41) is 14.8. The van der Waals surface area contributed by atoms with Gasteiger partial charge in [-0.2, -0.15) is 0 Å². The van der Waals surface area contributed by atoms with E-state index in [9.17, 15) is 14.4 Å². The van der Waals surface area contributed by atoms with Gasteiger partial charge in [0.1, 0.15) is 19.8 Å². The van der Waals surface area contributed by atoms with Gasteiger partial charge in [-0.25, -0.2) is 14.4 Å². The van der Waals surface area contributed by atoms with Gasteiger partial charge in [0.2, 0.25) is 0 Å². The average Bonchev–Trinajstić information content (AvgIpc) is 2.86. The monoisotopic (exact) mass is 516 g/mol. The predicted octanol–water partition coefficient (Wildman–Crippen LogP) is 1.67. The number of aliphatic hydroxyl groups is 1. The fourth-order valence-electron chi connectivity index (χ4n) is 3.55. The summed E-state index contributed by atoms with van der Waals surface area (Å²) in [5.74, 6) is -0.519. The third-order valence-electron chi connectivity index (χ3n) is 5.33. The first-order chi connectivity index (χ1) is 17.3. The van der Waals surface area contributed by atoms with E-state index in [1.807, 2.05) is 0 Å². The van der Waals surface area contributed by atoms with E-state index < -0.39 is 24.4 Å². The molecule has 1 aliphatic carbocycles. The number of hydrogen-bond donors (Lipinski definition) is 3. The molecule has 0 saturated heterocycles. The fraction of sp³-hybridized carbons (Fsp3) is 0.708. The molecule has 3 atom stereocenters. The zero-order valence-electron chi connectivity index (χ0n) is 21.0. The van der Waals surface area contributed by atoms with Gasteiger partial charge >= 0.3 is 18.2 Å². The Morgan fingerprint density at radius 3 is 2.22 bits per heavy atom. The number of aliphatic hydroxyl groups excluding tert-OH is 1. The van der Waals surface area contributed by atoms with Gasteiger partial charge < -0.3 is 44.2 Å².